The topological polar surface area (TPSA) is 55.8 Å². The second kappa shape index (κ2) is 7.78. The van der Waals surface area contributed by atoms with Crippen molar-refractivity contribution < 1.29 is 19.1 Å². The molecule has 1 heterocycles. The van der Waals surface area contributed by atoms with Crippen LogP contribution in [0.3, 0.4) is 0 Å². The van der Waals surface area contributed by atoms with Gasteiger partial charge in [-0.05, 0) is 31.6 Å². The molecule has 0 aromatic carbocycles. The number of rotatable bonds is 6. The molecule has 5 heteroatoms. The Kier molecular flexibility index (Phi) is 6.03. The van der Waals surface area contributed by atoms with Gasteiger partial charge in [-0.2, -0.15) is 0 Å². The first-order valence-corrected chi connectivity index (χ1v) is 8.09. The van der Waals surface area contributed by atoms with Gasteiger partial charge in [0.1, 0.15) is 0 Å². The van der Waals surface area contributed by atoms with Gasteiger partial charge in [-0.1, -0.05) is 13.3 Å². The van der Waals surface area contributed by atoms with E-state index < -0.39 is 0 Å². The number of amides is 1. The lowest BCUT2D eigenvalue weighted by atomic mass is 9.96. The molecule has 2 fully saturated rings. The van der Waals surface area contributed by atoms with Crippen molar-refractivity contribution in [2.45, 2.75) is 51.6 Å². The Labute approximate surface area is 127 Å². The second-order valence-corrected chi connectivity index (χ2v) is 6.26. The summed E-state index contributed by atoms with van der Waals surface area (Å²) in [5.74, 6) is 0.491. The summed E-state index contributed by atoms with van der Waals surface area (Å²) in [7, 11) is 1.38. The van der Waals surface area contributed by atoms with Gasteiger partial charge in [0, 0.05) is 25.6 Å². The van der Waals surface area contributed by atoms with E-state index in [2.05, 4.69) is 11.7 Å². The minimum atomic E-state index is -0.264. The molecule has 1 amide bonds. The van der Waals surface area contributed by atoms with Crippen molar-refractivity contribution in [2.75, 3.05) is 26.8 Å². The monoisotopic (exact) mass is 297 g/mol. The molecule has 2 aliphatic rings. The van der Waals surface area contributed by atoms with Crippen LogP contribution < -0.4 is 0 Å². The van der Waals surface area contributed by atoms with E-state index in [9.17, 15) is 9.59 Å². The van der Waals surface area contributed by atoms with Gasteiger partial charge in [-0.25, -0.2) is 0 Å². The Morgan fingerprint density at radius 1 is 1.24 bits per heavy atom. The molecule has 1 aliphatic heterocycles. The Hall–Kier alpha value is -1.10. The SMILES string of the molecule is COC(=O)CCN(CC1CCCO1)C(=O)C1CCCC1C. The zero-order valence-corrected chi connectivity index (χ0v) is 13.2. The number of esters is 1. The molecule has 3 unspecified atom stereocenters. The van der Waals surface area contributed by atoms with Crippen LogP contribution in [-0.2, 0) is 19.1 Å². The van der Waals surface area contributed by atoms with E-state index in [1.165, 1.54) is 7.11 Å². The van der Waals surface area contributed by atoms with Crippen LogP contribution in [0.4, 0.5) is 0 Å². The van der Waals surface area contributed by atoms with Gasteiger partial charge in [0.25, 0.3) is 0 Å². The Balaban J connectivity index is 1.95. The molecular formula is C16H27NO4. The summed E-state index contributed by atoms with van der Waals surface area (Å²) in [6.07, 6.45) is 5.68. The summed E-state index contributed by atoms with van der Waals surface area (Å²) >= 11 is 0. The van der Waals surface area contributed by atoms with E-state index in [1.807, 2.05) is 4.90 Å². The van der Waals surface area contributed by atoms with Crippen LogP contribution in [-0.4, -0.2) is 49.7 Å². The summed E-state index contributed by atoms with van der Waals surface area (Å²) in [5, 5.41) is 0. The summed E-state index contributed by atoms with van der Waals surface area (Å²) in [6.45, 7) is 3.98. The molecular weight excluding hydrogens is 270 g/mol. The van der Waals surface area contributed by atoms with Crippen LogP contribution >= 0.6 is 0 Å². The number of hydrogen-bond acceptors (Lipinski definition) is 4. The fourth-order valence-corrected chi connectivity index (χ4v) is 3.40. The smallest absolute Gasteiger partial charge is 0.307 e. The summed E-state index contributed by atoms with van der Waals surface area (Å²) in [5.41, 5.74) is 0. The van der Waals surface area contributed by atoms with Crippen molar-refractivity contribution in [3.63, 3.8) is 0 Å². The van der Waals surface area contributed by atoms with Crippen LogP contribution in [0, 0.1) is 11.8 Å². The first kappa shape index (κ1) is 16.3. The number of ether oxygens (including phenoxy) is 2. The molecule has 0 aromatic rings. The maximum atomic E-state index is 12.8. The lowest BCUT2D eigenvalue weighted by Crippen LogP contribution is -2.42. The third-order valence-electron chi connectivity index (χ3n) is 4.75. The number of carbonyl (C=O) groups is 2. The van der Waals surface area contributed by atoms with Crippen LogP contribution in [0.2, 0.25) is 0 Å². The fraction of sp³-hybridized carbons (Fsp3) is 0.875. The highest BCUT2D eigenvalue weighted by molar-refractivity contribution is 5.80. The standard InChI is InChI=1S/C16H27NO4/c1-12-5-3-7-14(12)16(19)17(9-8-15(18)20-2)11-13-6-4-10-21-13/h12-14H,3-11H2,1-2H3. The Morgan fingerprint density at radius 2 is 2.05 bits per heavy atom. The van der Waals surface area contributed by atoms with Crippen LogP contribution in [0.1, 0.15) is 45.4 Å². The molecule has 0 N–H and O–H groups in total. The molecule has 0 radical (unpaired) electrons. The molecule has 1 saturated carbocycles. The summed E-state index contributed by atoms with van der Waals surface area (Å²) in [4.78, 5) is 26.0. The van der Waals surface area contributed by atoms with Crippen molar-refractivity contribution >= 4 is 11.9 Å². The van der Waals surface area contributed by atoms with Gasteiger partial charge in [-0.15, -0.1) is 0 Å². The number of nitrogens with zero attached hydrogens (tertiary/aromatic N) is 1. The summed E-state index contributed by atoms with van der Waals surface area (Å²) < 4.78 is 10.3. The van der Waals surface area contributed by atoms with E-state index in [-0.39, 0.29) is 30.3 Å². The van der Waals surface area contributed by atoms with Crippen LogP contribution in [0.5, 0.6) is 0 Å². The number of hydrogen-bond donors (Lipinski definition) is 0. The van der Waals surface area contributed by atoms with Crippen molar-refractivity contribution in [1.29, 1.82) is 0 Å². The predicted molar refractivity (Wildman–Crippen MR) is 78.7 cm³/mol. The maximum absolute atomic E-state index is 12.8. The zero-order valence-electron chi connectivity index (χ0n) is 13.2. The van der Waals surface area contributed by atoms with Gasteiger partial charge in [-0.3, -0.25) is 9.59 Å². The highest BCUT2D eigenvalue weighted by Crippen LogP contribution is 2.33. The van der Waals surface area contributed by atoms with E-state index in [0.29, 0.717) is 19.0 Å². The van der Waals surface area contributed by atoms with Gasteiger partial charge in [0.05, 0.1) is 19.6 Å². The van der Waals surface area contributed by atoms with Crippen molar-refractivity contribution in [1.82, 2.24) is 4.90 Å². The molecule has 21 heavy (non-hydrogen) atoms. The molecule has 2 rings (SSSR count). The minimum Gasteiger partial charge on any atom is -0.469 e. The molecule has 1 aliphatic carbocycles. The minimum absolute atomic E-state index is 0.115. The Bertz CT molecular complexity index is 365. The molecule has 5 nitrogen and oxygen atoms in total. The molecule has 1 saturated heterocycles. The largest absolute Gasteiger partial charge is 0.469 e. The molecule has 120 valence electrons. The average molecular weight is 297 g/mol. The van der Waals surface area contributed by atoms with E-state index >= 15 is 0 Å². The molecule has 0 spiro atoms. The summed E-state index contributed by atoms with van der Waals surface area (Å²) in [6, 6.07) is 0. The fourth-order valence-electron chi connectivity index (χ4n) is 3.40. The van der Waals surface area contributed by atoms with Crippen molar-refractivity contribution in [2.24, 2.45) is 11.8 Å². The first-order chi connectivity index (χ1) is 10.1. The lowest BCUT2D eigenvalue weighted by Gasteiger charge is -2.29. The Morgan fingerprint density at radius 3 is 2.62 bits per heavy atom. The highest BCUT2D eigenvalue weighted by Gasteiger charge is 2.34. The van der Waals surface area contributed by atoms with Gasteiger partial charge >= 0.3 is 5.97 Å². The molecule has 3 atom stereocenters. The van der Waals surface area contributed by atoms with Crippen LogP contribution in [0.25, 0.3) is 0 Å². The number of methoxy groups -OCH3 is 1. The maximum Gasteiger partial charge on any atom is 0.307 e. The van der Waals surface area contributed by atoms with Crippen molar-refractivity contribution in [3.8, 4) is 0 Å². The lowest BCUT2D eigenvalue weighted by molar-refractivity contribution is -0.143. The first-order valence-electron chi connectivity index (χ1n) is 8.09. The quantitative estimate of drug-likeness (QED) is 0.704. The highest BCUT2D eigenvalue weighted by atomic mass is 16.5. The second-order valence-electron chi connectivity index (χ2n) is 6.26. The van der Waals surface area contributed by atoms with Gasteiger partial charge < -0.3 is 14.4 Å². The number of carbonyl (C=O) groups excluding carboxylic acids is 2. The normalized spacial score (nSPS) is 28.6. The third kappa shape index (κ3) is 4.43. The van der Waals surface area contributed by atoms with E-state index in [4.69, 9.17) is 4.74 Å². The van der Waals surface area contributed by atoms with Crippen molar-refractivity contribution in [3.05, 3.63) is 0 Å². The van der Waals surface area contributed by atoms with Gasteiger partial charge in [0.2, 0.25) is 5.91 Å². The van der Waals surface area contributed by atoms with Gasteiger partial charge in [0.15, 0.2) is 0 Å². The average Bonchev–Trinajstić information content (AvgIpc) is 3.13. The van der Waals surface area contributed by atoms with Crippen LogP contribution in [0.15, 0.2) is 0 Å². The molecule has 0 bridgehead atoms. The predicted octanol–water partition coefficient (Wildman–Crippen LogP) is 1.99. The van der Waals surface area contributed by atoms with E-state index in [1.54, 1.807) is 0 Å². The third-order valence-corrected chi connectivity index (χ3v) is 4.75. The molecule has 0 aromatic heterocycles. The zero-order chi connectivity index (χ0) is 15.2. The van der Waals surface area contributed by atoms with E-state index in [0.717, 1.165) is 38.7 Å².